The Morgan fingerprint density at radius 2 is 1.43 bits per heavy atom. The van der Waals surface area contributed by atoms with E-state index in [1.54, 1.807) is 0 Å². The molecule has 1 amide bonds. The SMILES string of the molecule is CC(C)=CCCC(C)=CCCC(C)=CC(=O)N1CCN(C)CC1. The predicted molar refractivity (Wildman–Crippen MR) is 99.5 cm³/mol. The Kier molecular flexibility index (Phi) is 8.93. The molecular formula is C20H34N2O. The Bertz CT molecular complexity index is 462. The monoisotopic (exact) mass is 318 g/mol. The first-order chi connectivity index (χ1) is 10.9. The Labute approximate surface area is 142 Å². The lowest BCUT2D eigenvalue weighted by Gasteiger charge is -2.31. The number of hydrogen-bond donors (Lipinski definition) is 0. The zero-order valence-electron chi connectivity index (χ0n) is 15.7. The van der Waals surface area contributed by atoms with Crippen molar-refractivity contribution in [2.24, 2.45) is 0 Å². The first-order valence-corrected chi connectivity index (χ1v) is 8.82. The Hall–Kier alpha value is -1.35. The van der Waals surface area contributed by atoms with Crippen molar-refractivity contribution in [3.8, 4) is 0 Å². The predicted octanol–water partition coefficient (Wildman–Crippen LogP) is 4.18. The zero-order valence-corrected chi connectivity index (χ0v) is 15.7. The van der Waals surface area contributed by atoms with Crippen molar-refractivity contribution in [2.75, 3.05) is 33.2 Å². The van der Waals surface area contributed by atoms with Gasteiger partial charge < -0.3 is 9.80 Å². The first kappa shape index (κ1) is 19.7. The number of carbonyl (C=O) groups excluding carboxylic acids is 1. The maximum absolute atomic E-state index is 12.2. The number of likely N-dealkylation sites (N-methyl/N-ethyl adjacent to an activating group) is 1. The average Bonchev–Trinajstić information content (AvgIpc) is 2.47. The smallest absolute Gasteiger partial charge is 0.246 e. The fourth-order valence-corrected chi connectivity index (χ4v) is 2.64. The topological polar surface area (TPSA) is 23.6 Å². The number of nitrogens with zero attached hydrogens (tertiary/aromatic N) is 2. The van der Waals surface area contributed by atoms with E-state index in [0.717, 1.165) is 51.9 Å². The molecule has 0 spiro atoms. The Morgan fingerprint density at radius 3 is 2.04 bits per heavy atom. The van der Waals surface area contributed by atoms with Crippen LogP contribution in [0, 0.1) is 0 Å². The second-order valence-electron chi connectivity index (χ2n) is 7.03. The van der Waals surface area contributed by atoms with Crippen LogP contribution in [0.15, 0.2) is 34.9 Å². The van der Waals surface area contributed by atoms with Gasteiger partial charge in [-0.25, -0.2) is 0 Å². The Balaban J connectivity index is 2.33. The molecule has 3 heteroatoms. The van der Waals surface area contributed by atoms with Crippen molar-refractivity contribution in [1.29, 1.82) is 0 Å². The average molecular weight is 319 g/mol. The third-order valence-electron chi connectivity index (χ3n) is 4.31. The molecule has 0 bridgehead atoms. The van der Waals surface area contributed by atoms with Crippen LogP contribution in [0.25, 0.3) is 0 Å². The van der Waals surface area contributed by atoms with Gasteiger partial charge in [0.25, 0.3) is 0 Å². The van der Waals surface area contributed by atoms with Crippen molar-refractivity contribution in [3.05, 3.63) is 34.9 Å². The van der Waals surface area contributed by atoms with Gasteiger partial charge in [-0.3, -0.25) is 4.79 Å². The lowest BCUT2D eigenvalue weighted by atomic mass is 10.1. The highest BCUT2D eigenvalue weighted by atomic mass is 16.2. The van der Waals surface area contributed by atoms with E-state index in [9.17, 15) is 4.79 Å². The molecule has 0 N–H and O–H groups in total. The summed E-state index contributed by atoms with van der Waals surface area (Å²) in [5.74, 6) is 0.180. The van der Waals surface area contributed by atoms with Gasteiger partial charge in [0.15, 0.2) is 0 Å². The summed E-state index contributed by atoms with van der Waals surface area (Å²) < 4.78 is 0. The highest BCUT2D eigenvalue weighted by Crippen LogP contribution is 2.12. The fourth-order valence-electron chi connectivity index (χ4n) is 2.64. The zero-order chi connectivity index (χ0) is 17.2. The highest BCUT2D eigenvalue weighted by molar-refractivity contribution is 5.88. The number of carbonyl (C=O) groups is 1. The van der Waals surface area contributed by atoms with E-state index in [-0.39, 0.29) is 5.91 Å². The molecule has 1 rings (SSSR count). The molecule has 0 unspecified atom stereocenters. The van der Waals surface area contributed by atoms with E-state index < -0.39 is 0 Å². The molecule has 0 radical (unpaired) electrons. The maximum Gasteiger partial charge on any atom is 0.246 e. The molecule has 3 nitrogen and oxygen atoms in total. The lowest BCUT2D eigenvalue weighted by Crippen LogP contribution is -2.46. The third-order valence-corrected chi connectivity index (χ3v) is 4.31. The van der Waals surface area contributed by atoms with Gasteiger partial charge in [0, 0.05) is 32.3 Å². The van der Waals surface area contributed by atoms with Crippen LogP contribution >= 0.6 is 0 Å². The van der Waals surface area contributed by atoms with Crippen molar-refractivity contribution >= 4 is 5.91 Å². The van der Waals surface area contributed by atoms with Crippen LogP contribution in [-0.4, -0.2) is 48.9 Å². The quantitative estimate of drug-likeness (QED) is 0.519. The molecule has 23 heavy (non-hydrogen) atoms. The number of amides is 1. The number of rotatable bonds is 7. The molecule has 1 fully saturated rings. The maximum atomic E-state index is 12.2. The van der Waals surface area contributed by atoms with Crippen molar-refractivity contribution in [1.82, 2.24) is 9.80 Å². The van der Waals surface area contributed by atoms with Gasteiger partial charge in [0.1, 0.15) is 0 Å². The van der Waals surface area contributed by atoms with E-state index in [0.29, 0.717) is 0 Å². The van der Waals surface area contributed by atoms with Gasteiger partial charge >= 0.3 is 0 Å². The van der Waals surface area contributed by atoms with Gasteiger partial charge in [0.2, 0.25) is 5.91 Å². The second kappa shape index (κ2) is 10.4. The van der Waals surface area contributed by atoms with Crippen LogP contribution in [0.2, 0.25) is 0 Å². The first-order valence-electron chi connectivity index (χ1n) is 8.82. The van der Waals surface area contributed by atoms with Crippen molar-refractivity contribution in [3.63, 3.8) is 0 Å². The molecule has 0 saturated carbocycles. The molecule has 1 aliphatic heterocycles. The van der Waals surface area contributed by atoms with E-state index >= 15 is 0 Å². The molecule has 0 aromatic heterocycles. The number of hydrogen-bond acceptors (Lipinski definition) is 2. The van der Waals surface area contributed by atoms with Crippen LogP contribution in [0.4, 0.5) is 0 Å². The Morgan fingerprint density at radius 1 is 0.870 bits per heavy atom. The number of piperazine rings is 1. The van der Waals surface area contributed by atoms with Crippen LogP contribution in [0.3, 0.4) is 0 Å². The van der Waals surface area contributed by atoms with Gasteiger partial charge in [-0.15, -0.1) is 0 Å². The normalized spacial score (nSPS) is 17.3. The minimum atomic E-state index is 0.180. The summed E-state index contributed by atoms with van der Waals surface area (Å²) in [6.45, 7) is 12.2. The lowest BCUT2D eigenvalue weighted by molar-refractivity contribution is -0.127. The molecule has 0 aromatic rings. The summed E-state index contributed by atoms with van der Waals surface area (Å²) in [4.78, 5) is 16.5. The van der Waals surface area contributed by atoms with Gasteiger partial charge in [-0.05, 0) is 60.4 Å². The van der Waals surface area contributed by atoms with Crippen LogP contribution < -0.4 is 0 Å². The summed E-state index contributed by atoms with van der Waals surface area (Å²) >= 11 is 0. The largest absolute Gasteiger partial charge is 0.337 e. The fraction of sp³-hybridized carbons (Fsp3) is 0.650. The summed E-state index contributed by atoms with van der Waals surface area (Å²) in [7, 11) is 2.11. The van der Waals surface area contributed by atoms with Crippen molar-refractivity contribution < 1.29 is 4.79 Å². The van der Waals surface area contributed by atoms with Crippen LogP contribution in [-0.2, 0) is 4.79 Å². The molecule has 0 aromatic carbocycles. The summed E-state index contributed by atoms with van der Waals surface area (Å²) in [5, 5.41) is 0. The van der Waals surface area contributed by atoms with Gasteiger partial charge in [-0.2, -0.15) is 0 Å². The molecule has 0 aliphatic carbocycles. The third kappa shape index (κ3) is 8.75. The number of allylic oxidation sites excluding steroid dienone is 5. The molecule has 1 saturated heterocycles. The van der Waals surface area contributed by atoms with Crippen LogP contribution in [0.5, 0.6) is 0 Å². The van der Waals surface area contributed by atoms with E-state index in [4.69, 9.17) is 0 Å². The summed E-state index contributed by atoms with van der Waals surface area (Å²) in [6.07, 6.45) is 10.7. The standard InChI is InChI=1S/C20H34N2O/c1-17(2)8-6-9-18(3)10-7-11-19(4)16-20(23)22-14-12-21(5)13-15-22/h8,10,16H,6-7,9,11-15H2,1-5H3. The van der Waals surface area contributed by atoms with E-state index in [1.807, 2.05) is 11.0 Å². The van der Waals surface area contributed by atoms with Gasteiger partial charge in [0.05, 0.1) is 0 Å². The molecule has 0 atom stereocenters. The summed E-state index contributed by atoms with van der Waals surface area (Å²) in [6, 6.07) is 0. The molecular weight excluding hydrogens is 284 g/mol. The molecule has 1 aliphatic rings. The van der Waals surface area contributed by atoms with E-state index in [2.05, 4.69) is 51.8 Å². The van der Waals surface area contributed by atoms with Gasteiger partial charge in [-0.1, -0.05) is 28.9 Å². The highest BCUT2D eigenvalue weighted by Gasteiger charge is 2.17. The minimum Gasteiger partial charge on any atom is -0.337 e. The van der Waals surface area contributed by atoms with Crippen molar-refractivity contribution in [2.45, 2.75) is 53.4 Å². The summed E-state index contributed by atoms with van der Waals surface area (Å²) in [5.41, 5.74) is 4.02. The molecule has 1 heterocycles. The minimum absolute atomic E-state index is 0.180. The molecule has 130 valence electrons. The van der Waals surface area contributed by atoms with E-state index in [1.165, 1.54) is 16.7 Å². The second-order valence-corrected chi connectivity index (χ2v) is 7.03. The van der Waals surface area contributed by atoms with Crippen LogP contribution in [0.1, 0.15) is 53.4 Å².